The number of ether oxygens (including phenoxy) is 1. The Labute approximate surface area is 117 Å². The molecule has 104 valence electrons. The molecule has 3 rings (SSSR count). The van der Waals surface area contributed by atoms with Crippen molar-refractivity contribution in [2.45, 2.75) is 12.3 Å². The molecule has 5 heteroatoms. The van der Waals surface area contributed by atoms with Crippen molar-refractivity contribution in [2.75, 3.05) is 19.1 Å². The monoisotopic (exact) mass is 272 g/mol. The van der Waals surface area contributed by atoms with Gasteiger partial charge in [0.25, 0.3) is 0 Å². The Morgan fingerprint density at radius 3 is 2.90 bits per heavy atom. The third-order valence-electron chi connectivity index (χ3n) is 3.66. The lowest BCUT2D eigenvalue weighted by molar-refractivity contribution is -0.119. The van der Waals surface area contributed by atoms with Crippen LogP contribution in [-0.2, 0) is 4.79 Å². The minimum Gasteiger partial charge on any atom is -0.481 e. The molecule has 0 aromatic carbocycles. The molecule has 1 aliphatic rings. The third-order valence-corrected chi connectivity index (χ3v) is 3.66. The molecule has 0 spiro atoms. The van der Waals surface area contributed by atoms with Gasteiger partial charge in [0, 0.05) is 24.9 Å². The zero-order chi connectivity index (χ0) is 14.1. The van der Waals surface area contributed by atoms with Crippen LogP contribution in [0.25, 0.3) is 0 Å². The summed E-state index contributed by atoms with van der Waals surface area (Å²) >= 11 is 0. The van der Waals surface area contributed by atoms with E-state index in [1.54, 1.807) is 37.6 Å². The molecule has 5 nitrogen and oxygen atoms in total. The summed E-state index contributed by atoms with van der Waals surface area (Å²) in [5.41, 5.74) is 0.765. The zero-order valence-electron chi connectivity index (χ0n) is 11.4. The number of amides is 1. The Balaban J connectivity index is 1.68. The molecule has 0 bridgehead atoms. The maximum atomic E-state index is 12.4. The van der Waals surface area contributed by atoms with E-state index < -0.39 is 0 Å². The van der Waals surface area contributed by atoms with Crippen LogP contribution in [0, 0.1) is 5.92 Å². The lowest BCUT2D eigenvalue weighted by atomic mass is 10.2. The zero-order valence-corrected chi connectivity index (χ0v) is 11.4. The van der Waals surface area contributed by atoms with Gasteiger partial charge in [0.2, 0.25) is 11.8 Å². The maximum absolute atomic E-state index is 12.4. The van der Waals surface area contributed by atoms with Crippen molar-refractivity contribution in [3.05, 3.63) is 42.5 Å². The Kier molecular flexibility index (Phi) is 3.18. The average Bonchev–Trinajstić information content (AvgIpc) is 3.11. The number of methoxy groups -OCH3 is 1. The predicted octanol–water partition coefficient (Wildman–Crippen LogP) is 2.45. The quantitative estimate of drug-likeness (QED) is 0.858. The molecular weight excluding hydrogens is 256 g/mol. The van der Waals surface area contributed by atoms with Gasteiger partial charge >= 0.3 is 0 Å². The second-order valence-corrected chi connectivity index (χ2v) is 4.92. The van der Waals surface area contributed by atoms with Crippen LogP contribution in [0.15, 0.2) is 41.1 Å². The van der Waals surface area contributed by atoms with Crippen LogP contribution in [0.4, 0.5) is 5.69 Å². The van der Waals surface area contributed by atoms with Gasteiger partial charge in [-0.25, -0.2) is 4.98 Å². The predicted molar refractivity (Wildman–Crippen MR) is 73.8 cm³/mol. The molecule has 1 saturated carbocycles. The number of nitrogens with zero attached hydrogens (tertiary/aromatic N) is 2. The molecule has 2 heterocycles. The highest BCUT2D eigenvalue weighted by molar-refractivity contribution is 5.96. The van der Waals surface area contributed by atoms with Crippen molar-refractivity contribution in [1.29, 1.82) is 0 Å². The van der Waals surface area contributed by atoms with Gasteiger partial charge < -0.3 is 14.1 Å². The van der Waals surface area contributed by atoms with Crippen LogP contribution in [0.2, 0.25) is 0 Å². The molecule has 2 aromatic heterocycles. The molecule has 2 atom stereocenters. The summed E-state index contributed by atoms with van der Waals surface area (Å²) in [5.74, 6) is 1.75. The van der Waals surface area contributed by atoms with Crippen LogP contribution < -0.4 is 9.64 Å². The highest BCUT2D eigenvalue weighted by Gasteiger charge is 2.47. The van der Waals surface area contributed by atoms with Gasteiger partial charge in [-0.05, 0) is 24.6 Å². The first-order valence-electron chi connectivity index (χ1n) is 6.51. The highest BCUT2D eigenvalue weighted by atomic mass is 16.5. The lowest BCUT2D eigenvalue weighted by Crippen LogP contribution is -2.28. The van der Waals surface area contributed by atoms with Gasteiger partial charge in [-0.15, -0.1) is 0 Å². The van der Waals surface area contributed by atoms with Gasteiger partial charge in [-0.2, -0.15) is 0 Å². The topological polar surface area (TPSA) is 55.6 Å². The number of pyridine rings is 1. The van der Waals surface area contributed by atoms with E-state index in [4.69, 9.17) is 9.15 Å². The molecule has 1 aliphatic carbocycles. The maximum Gasteiger partial charge on any atom is 0.230 e. The summed E-state index contributed by atoms with van der Waals surface area (Å²) in [6.45, 7) is 0. The number of aromatic nitrogens is 1. The molecule has 2 aromatic rings. The fourth-order valence-corrected chi connectivity index (χ4v) is 2.35. The van der Waals surface area contributed by atoms with E-state index in [0.717, 1.165) is 17.9 Å². The second kappa shape index (κ2) is 5.00. The summed E-state index contributed by atoms with van der Waals surface area (Å²) in [7, 11) is 3.33. The molecular formula is C15H16N2O3. The molecule has 20 heavy (non-hydrogen) atoms. The number of anilines is 1. The summed E-state index contributed by atoms with van der Waals surface area (Å²) in [5, 5.41) is 0. The summed E-state index contributed by atoms with van der Waals surface area (Å²) in [6, 6.07) is 7.35. The van der Waals surface area contributed by atoms with E-state index in [0.29, 0.717) is 5.88 Å². The Hall–Kier alpha value is -2.30. The van der Waals surface area contributed by atoms with Crippen LogP contribution in [0.1, 0.15) is 18.1 Å². The minimum atomic E-state index is 0.00764. The van der Waals surface area contributed by atoms with Gasteiger partial charge in [0.1, 0.15) is 5.76 Å². The number of carbonyl (C=O) groups excluding carboxylic acids is 1. The van der Waals surface area contributed by atoms with Crippen LogP contribution in [-0.4, -0.2) is 25.0 Å². The number of hydrogen-bond donors (Lipinski definition) is 0. The number of hydrogen-bond acceptors (Lipinski definition) is 4. The van der Waals surface area contributed by atoms with Gasteiger partial charge in [-0.3, -0.25) is 4.79 Å². The van der Waals surface area contributed by atoms with Gasteiger partial charge in [0.05, 0.1) is 25.3 Å². The molecule has 1 amide bonds. The summed E-state index contributed by atoms with van der Waals surface area (Å²) in [6.07, 6.45) is 4.13. The number of carbonyl (C=O) groups is 1. The van der Waals surface area contributed by atoms with Crippen molar-refractivity contribution < 1.29 is 13.9 Å². The second-order valence-electron chi connectivity index (χ2n) is 4.92. The van der Waals surface area contributed by atoms with E-state index >= 15 is 0 Å². The van der Waals surface area contributed by atoms with Crippen LogP contribution in [0.5, 0.6) is 5.88 Å². The van der Waals surface area contributed by atoms with Crippen molar-refractivity contribution in [3.8, 4) is 5.88 Å². The van der Waals surface area contributed by atoms with E-state index in [1.165, 1.54) is 0 Å². The van der Waals surface area contributed by atoms with E-state index in [1.807, 2.05) is 18.2 Å². The molecule has 0 saturated heterocycles. The normalized spacial score (nSPS) is 20.5. The SMILES string of the molecule is COc1ccc(N(C)C(=O)C2CC2c2ccco2)cn1. The van der Waals surface area contributed by atoms with Crippen molar-refractivity contribution in [1.82, 2.24) is 4.98 Å². The van der Waals surface area contributed by atoms with Crippen molar-refractivity contribution >= 4 is 11.6 Å². The molecule has 0 N–H and O–H groups in total. The van der Waals surface area contributed by atoms with E-state index in [-0.39, 0.29) is 17.7 Å². The largest absolute Gasteiger partial charge is 0.481 e. The standard InChI is InChI=1S/C15H16N2O3/c1-17(10-5-6-14(19-2)16-9-10)15(18)12-8-11(12)13-4-3-7-20-13/h3-7,9,11-12H,8H2,1-2H3. The molecule has 1 fully saturated rings. The van der Waals surface area contributed by atoms with Crippen molar-refractivity contribution in [2.24, 2.45) is 5.92 Å². The molecule has 2 unspecified atom stereocenters. The highest BCUT2D eigenvalue weighted by Crippen LogP contribution is 2.48. The Morgan fingerprint density at radius 1 is 1.45 bits per heavy atom. The smallest absolute Gasteiger partial charge is 0.230 e. The lowest BCUT2D eigenvalue weighted by Gasteiger charge is -2.17. The fraction of sp³-hybridized carbons (Fsp3) is 0.333. The van der Waals surface area contributed by atoms with Crippen molar-refractivity contribution in [3.63, 3.8) is 0 Å². The summed E-state index contributed by atoms with van der Waals surface area (Å²) in [4.78, 5) is 18.1. The number of furan rings is 1. The van der Waals surface area contributed by atoms with E-state index in [2.05, 4.69) is 4.98 Å². The minimum absolute atomic E-state index is 0.00764. The van der Waals surface area contributed by atoms with Gasteiger partial charge in [-0.1, -0.05) is 0 Å². The average molecular weight is 272 g/mol. The first-order chi connectivity index (χ1) is 9.70. The molecule has 0 aliphatic heterocycles. The van der Waals surface area contributed by atoms with Gasteiger partial charge in [0.15, 0.2) is 0 Å². The number of rotatable bonds is 4. The van der Waals surface area contributed by atoms with Crippen LogP contribution in [0.3, 0.4) is 0 Å². The van der Waals surface area contributed by atoms with E-state index in [9.17, 15) is 4.79 Å². The Morgan fingerprint density at radius 2 is 2.30 bits per heavy atom. The van der Waals surface area contributed by atoms with Crippen LogP contribution >= 0.6 is 0 Å². The Bertz CT molecular complexity index is 592. The first-order valence-corrected chi connectivity index (χ1v) is 6.51. The summed E-state index contributed by atoms with van der Waals surface area (Å²) < 4.78 is 10.4. The first kappa shape index (κ1) is 12.7. The third kappa shape index (κ3) is 2.27. The fourth-order valence-electron chi connectivity index (χ4n) is 2.35. The molecule has 0 radical (unpaired) electrons.